The molecule has 0 aliphatic carbocycles. The molecule has 3 nitrogen and oxygen atoms in total. The van der Waals surface area contributed by atoms with Crippen molar-refractivity contribution in [2.24, 2.45) is 0 Å². The smallest absolute Gasteiger partial charge is 0.118 e. The van der Waals surface area contributed by atoms with Gasteiger partial charge in [0, 0.05) is 19.0 Å². The van der Waals surface area contributed by atoms with Crippen LogP contribution >= 0.6 is 0 Å². The van der Waals surface area contributed by atoms with Crippen molar-refractivity contribution in [3.63, 3.8) is 0 Å². The maximum atomic E-state index is 8.58. The molecule has 0 fully saturated rings. The highest BCUT2D eigenvalue weighted by molar-refractivity contribution is 5.67. The van der Waals surface area contributed by atoms with Gasteiger partial charge in [-0.15, -0.1) is 0 Å². The molecule has 0 aromatic heterocycles. The Labute approximate surface area is 114 Å². The second kappa shape index (κ2) is 6.96. The molecule has 19 heavy (non-hydrogen) atoms. The minimum absolute atomic E-state index is 0.496. The molecule has 1 atom stereocenters. The lowest BCUT2D eigenvalue weighted by Gasteiger charge is -2.24. The van der Waals surface area contributed by atoms with Crippen LogP contribution in [0.4, 0.5) is 0 Å². The first-order valence-corrected chi connectivity index (χ1v) is 6.77. The maximum absolute atomic E-state index is 8.58. The Kier molecular flexibility index (Phi) is 5.00. The van der Waals surface area contributed by atoms with Gasteiger partial charge in [0.05, 0.1) is 13.2 Å². The van der Waals surface area contributed by atoms with Crippen LogP contribution in [0.3, 0.4) is 0 Å². The van der Waals surface area contributed by atoms with E-state index in [2.05, 4.69) is 29.6 Å². The largest absolute Gasteiger partial charge is 0.497 e. The highest BCUT2D eigenvalue weighted by Gasteiger charge is 2.15. The number of hydrogen-bond donors (Lipinski definition) is 1. The molecule has 1 heterocycles. The van der Waals surface area contributed by atoms with E-state index in [1.807, 2.05) is 12.1 Å². The zero-order valence-corrected chi connectivity index (χ0v) is 11.4. The van der Waals surface area contributed by atoms with Gasteiger partial charge in [-0.1, -0.05) is 18.2 Å². The summed E-state index contributed by atoms with van der Waals surface area (Å²) in [4.78, 5) is 0. The number of benzene rings is 1. The molecule has 1 N–H and O–H groups in total. The zero-order valence-electron chi connectivity index (χ0n) is 11.4. The van der Waals surface area contributed by atoms with E-state index in [9.17, 15) is 0 Å². The summed E-state index contributed by atoms with van der Waals surface area (Å²) in [7, 11) is 1.68. The van der Waals surface area contributed by atoms with Crippen LogP contribution in [-0.4, -0.2) is 19.7 Å². The SMILES string of the molecule is COc1ccc(C2=CCNC(CCCC#N)C2)cc1. The Morgan fingerprint density at radius 2 is 2.16 bits per heavy atom. The Balaban J connectivity index is 1.96. The van der Waals surface area contributed by atoms with Crippen molar-refractivity contribution in [2.45, 2.75) is 31.7 Å². The summed E-state index contributed by atoms with van der Waals surface area (Å²) in [5.74, 6) is 0.892. The summed E-state index contributed by atoms with van der Waals surface area (Å²) < 4.78 is 5.18. The van der Waals surface area contributed by atoms with Crippen molar-refractivity contribution in [1.82, 2.24) is 5.32 Å². The average Bonchev–Trinajstić information content (AvgIpc) is 2.48. The molecule has 1 unspecified atom stereocenters. The maximum Gasteiger partial charge on any atom is 0.118 e. The summed E-state index contributed by atoms with van der Waals surface area (Å²) in [6.45, 7) is 0.915. The van der Waals surface area contributed by atoms with Crippen LogP contribution in [0.5, 0.6) is 5.75 Å². The second-order valence-electron chi connectivity index (χ2n) is 4.82. The lowest BCUT2D eigenvalue weighted by atomic mass is 9.93. The third-order valence-electron chi connectivity index (χ3n) is 3.52. The predicted octanol–water partition coefficient (Wildman–Crippen LogP) is 3.13. The molecule has 3 heteroatoms. The minimum atomic E-state index is 0.496. The summed E-state index contributed by atoms with van der Waals surface area (Å²) in [5.41, 5.74) is 2.66. The van der Waals surface area contributed by atoms with Crippen molar-refractivity contribution in [2.75, 3.05) is 13.7 Å². The van der Waals surface area contributed by atoms with E-state index in [4.69, 9.17) is 10.00 Å². The minimum Gasteiger partial charge on any atom is -0.497 e. The van der Waals surface area contributed by atoms with Crippen molar-refractivity contribution >= 4 is 5.57 Å². The lowest BCUT2D eigenvalue weighted by Crippen LogP contribution is -2.32. The Hall–Kier alpha value is -1.79. The van der Waals surface area contributed by atoms with Crippen LogP contribution in [0.1, 0.15) is 31.2 Å². The number of nitrogens with zero attached hydrogens (tertiary/aromatic N) is 1. The fraction of sp³-hybridized carbons (Fsp3) is 0.438. The molecule has 0 radical (unpaired) electrons. The van der Waals surface area contributed by atoms with Crippen LogP contribution in [0.15, 0.2) is 30.3 Å². The molecule has 2 rings (SSSR count). The second-order valence-corrected chi connectivity index (χ2v) is 4.82. The van der Waals surface area contributed by atoms with Gasteiger partial charge in [-0.05, 0) is 42.5 Å². The van der Waals surface area contributed by atoms with Gasteiger partial charge < -0.3 is 10.1 Å². The van der Waals surface area contributed by atoms with Crippen LogP contribution in [0, 0.1) is 11.3 Å². The van der Waals surface area contributed by atoms with Crippen LogP contribution < -0.4 is 10.1 Å². The highest BCUT2D eigenvalue weighted by Crippen LogP contribution is 2.25. The van der Waals surface area contributed by atoms with E-state index in [0.717, 1.165) is 31.6 Å². The van der Waals surface area contributed by atoms with Crippen molar-refractivity contribution in [3.05, 3.63) is 35.9 Å². The number of nitrogens with one attached hydrogen (secondary N) is 1. The Bertz CT molecular complexity index is 471. The monoisotopic (exact) mass is 256 g/mol. The molecule has 0 bridgehead atoms. The van der Waals surface area contributed by atoms with Gasteiger partial charge in [-0.25, -0.2) is 0 Å². The highest BCUT2D eigenvalue weighted by atomic mass is 16.5. The van der Waals surface area contributed by atoms with Crippen LogP contribution in [0.2, 0.25) is 0 Å². The Morgan fingerprint density at radius 1 is 1.37 bits per heavy atom. The van der Waals surface area contributed by atoms with E-state index in [1.165, 1.54) is 11.1 Å². The standard InChI is InChI=1S/C16H20N2O/c1-19-16-7-5-13(6-8-16)14-9-11-18-15(12-14)4-2-3-10-17/h5-9,15,18H,2-4,11-12H2,1H3. The summed E-state index contributed by atoms with van der Waals surface area (Å²) in [6.07, 6.45) is 5.99. The first kappa shape index (κ1) is 13.6. The van der Waals surface area contributed by atoms with Gasteiger partial charge >= 0.3 is 0 Å². The fourth-order valence-electron chi connectivity index (χ4n) is 2.44. The van der Waals surface area contributed by atoms with E-state index < -0.39 is 0 Å². The van der Waals surface area contributed by atoms with Gasteiger partial charge in [-0.3, -0.25) is 0 Å². The third-order valence-corrected chi connectivity index (χ3v) is 3.52. The fourth-order valence-corrected chi connectivity index (χ4v) is 2.44. The Morgan fingerprint density at radius 3 is 2.84 bits per heavy atom. The molecule has 1 aromatic rings. The van der Waals surface area contributed by atoms with Gasteiger partial charge in [0.1, 0.15) is 5.75 Å². The quantitative estimate of drug-likeness (QED) is 0.823. The number of nitriles is 1. The lowest BCUT2D eigenvalue weighted by molar-refractivity contribution is 0.414. The zero-order chi connectivity index (χ0) is 13.5. The van der Waals surface area contributed by atoms with Crippen LogP contribution in [0.25, 0.3) is 5.57 Å². The number of ether oxygens (including phenoxy) is 1. The molecule has 100 valence electrons. The molecule has 0 saturated heterocycles. The summed E-state index contributed by atoms with van der Waals surface area (Å²) in [6, 6.07) is 10.9. The summed E-state index contributed by atoms with van der Waals surface area (Å²) in [5, 5.41) is 12.1. The summed E-state index contributed by atoms with van der Waals surface area (Å²) >= 11 is 0. The van der Waals surface area contributed by atoms with Crippen molar-refractivity contribution < 1.29 is 4.74 Å². The van der Waals surface area contributed by atoms with E-state index >= 15 is 0 Å². The number of hydrogen-bond acceptors (Lipinski definition) is 3. The molecule has 1 aliphatic heterocycles. The van der Waals surface area contributed by atoms with Crippen molar-refractivity contribution in [3.8, 4) is 11.8 Å². The van der Waals surface area contributed by atoms with E-state index in [-0.39, 0.29) is 0 Å². The normalized spacial score (nSPS) is 18.5. The molecule has 0 saturated carbocycles. The van der Waals surface area contributed by atoms with Gasteiger partial charge in [0.25, 0.3) is 0 Å². The first-order valence-electron chi connectivity index (χ1n) is 6.77. The number of unbranched alkanes of at least 4 members (excludes halogenated alkanes) is 1. The molecule has 1 aromatic carbocycles. The molecular weight excluding hydrogens is 236 g/mol. The van der Waals surface area contributed by atoms with Crippen LogP contribution in [-0.2, 0) is 0 Å². The van der Waals surface area contributed by atoms with E-state index in [0.29, 0.717) is 12.5 Å². The molecule has 0 spiro atoms. The van der Waals surface area contributed by atoms with E-state index in [1.54, 1.807) is 7.11 Å². The topological polar surface area (TPSA) is 45.0 Å². The third kappa shape index (κ3) is 3.84. The van der Waals surface area contributed by atoms with Gasteiger partial charge in [0.15, 0.2) is 0 Å². The number of methoxy groups -OCH3 is 1. The van der Waals surface area contributed by atoms with Gasteiger partial charge in [-0.2, -0.15) is 5.26 Å². The number of rotatable bonds is 5. The molecular formula is C16H20N2O. The average molecular weight is 256 g/mol. The van der Waals surface area contributed by atoms with Gasteiger partial charge in [0.2, 0.25) is 0 Å². The molecule has 0 amide bonds. The molecule has 1 aliphatic rings. The predicted molar refractivity (Wildman–Crippen MR) is 76.8 cm³/mol. The first-order chi connectivity index (χ1) is 9.33. The van der Waals surface area contributed by atoms with Crippen molar-refractivity contribution in [1.29, 1.82) is 5.26 Å².